The lowest BCUT2D eigenvalue weighted by Gasteiger charge is -2.20. The SMILES string of the molecule is CCOc1cc(C=NNC(=O)C(NC(=O)c2ccc3c(c2)OCO3)C(C)C)cc(Br)c1OCc1ccc(Cl)cc1. The summed E-state index contributed by atoms with van der Waals surface area (Å²) in [6.45, 7) is 6.41. The van der Waals surface area contributed by atoms with Gasteiger partial charge in [0.05, 0.1) is 17.3 Å². The van der Waals surface area contributed by atoms with Crippen LogP contribution in [0.1, 0.15) is 42.3 Å². The molecule has 1 heterocycles. The largest absolute Gasteiger partial charge is 0.490 e. The maximum atomic E-state index is 12.9. The van der Waals surface area contributed by atoms with Crippen LogP contribution in [0.4, 0.5) is 0 Å². The van der Waals surface area contributed by atoms with Gasteiger partial charge in [-0.2, -0.15) is 5.10 Å². The first-order valence-corrected chi connectivity index (χ1v) is 13.8. The number of carbonyl (C=O) groups excluding carboxylic acids is 2. The molecule has 0 saturated heterocycles. The van der Waals surface area contributed by atoms with Crippen molar-refractivity contribution in [1.29, 1.82) is 0 Å². The number of benzene rings is 3. The number of halogens is 2. The summed E-state index contributed by atoms with van der Waals surface area (Å²) < 4.78 is 23.1. The number of amides is 2. The Morgan fingerprint density at radius 3 is 2.55 bits per heavy atom. The van der Waals surface area contributed by atoms with Gasteiger partial charge in [-0.1, -0.05) is 37.6 Å². The fraction of sp³-hybridized carbons (Fsp3) is 0.276. The minimum atomic E-state index is -0.815. The Kier molecular flexibility index (Phi) is 9.89. The number of nitrogens with zero attached hydrogens (tertiary/aromatic N) is 1. The lowest BCUT2D eigenvalue weighted by molar-refractivity contribution is -0.123. The first-order chi connectivity index (χ1) is 19.2. The molecular weight excluding hydrogens is 602 g/mol. The van der Waals surface area contributed by atoms with E-state index in [-0.39, 0.29) is 12.7 Å². The lowest BCUT2D eigenvalue weighted by Crippen LogP contribution is -2.48. The highest BCUT2D eigenvalue weighted by atomic mass is 79.9. The number of hydrazone groups is 1. The summed E-state index contributed by atoms with van der Waals surface area (Å²) in [6.07, 6.45) is 1.49. The molecule has 0 spiro atoms. The number of carbonyl (C=O) groups is 2. The van der Waals surface area contributed by atoms with Crippen LogP contribution in [-0.4, -0.2) is 37.5 Å². The number of ether oxygens (including phenoxy) is 4. The molecule has 210 valence electrons. The molecule has 1 aliphatic rings. The Hall–Kier alpha value is -3.76. The van der Waals surface area contributed by atoms with E-state index in [4.69, 9.17) is 30.5 Å². The molecule has 9 nitrogen and oxygen atoms in total. The Labute approximate surface area is 245 Å². The molecule has 40 heavy (non-hydrogen) atoms. The highest BCUT2D eigenvalue weighted by Gasteiger charge is 2.25. The zero-order valence-electron chi connectivity index (χ0n) is 22.2. The summed E-state index contributed by atoms with van der Waals surface area (Å²) >= 11 is 9.51. The molecule has 0 fully saturated rings. The minimum Gasteiger partial charge on any atom is -0.490 e. The van der Waals surface area contributed by atoms with Crippen molar-refractivity contribution in [1.82, 2.24) is 10.7 Å². The highest BCUT2D eigenvalue weighted by molar-refractivity contribution is 9.10. The van der Waals surface area contributed by atoms with Gasteiger partial charge in [0.2, 0.25) is 6.79 Å². The van der Waals surface area contributed by atoms with Crippen LogP contribution < -0.4 is 29.7 Å². The number of nitrogens with one attached hydrogen (secondary N) is 2. The van der Waals surface area contributed by atoms with Crippen LogP contribution in [0.2, 0.25) is 5.02 Å². The van der Waals surface area contributed by atoms with E-state index in [0.29, 0.717) is 56.8 Å². The number of rotatable bonds is 11. The summed E-state index contributed by atoms with van der Waals surface area (Å²) in [6, 6.07) is 15.0. The third-order valence-corrected chi connectivity index (χ3v) is 6.73. The molecule has 0 radical (unpaired) electrons. The van der Waals surface area contributed by atoms with Crippen molar-refractivity contribution in [3.63, 3.8) is 0 Å². The highest BCUT2D eigenvalue weighted by Crippen LogP contribution is 2.37. The van der Waals surface area contributed by atoms with Crippen molar-refractivity contribution in [2.24, 2.45) is 11.0 Å². The second-order valence-corrected chi connectivity index (χ2v) is 10.5. The first-order valence-electron chi connectivity index (χ1n) is 12.6. The Morgan fingerprint density at radius 1 is 1.07 bits per heavy atom. The number of fused-ring (bicyclic) bond motifs is 1. The standard InChI is InChI=1S/C29H29BrClN3O6/c1-4-37-25-12-19(11-22(30)27(25)38-15-18-5-8-21(31)9-6-18)14-32-34-29(36)26(17(2)3)33-28(35)20-7-10-23-24(13-20)40-16-39-23/h5-14,17,26H,4,15-16H2,1-3H3,(H,33,35)(H,34,36). The van der Waals surface area contributed by atoms with Crippen molar-refractivity contribution >= 4 is 45.6 Å². The molecule has 4 rings (SSSR count). The van der Waals surface area contributed by atoms with Crippen LogP contribution in [0, 0.1) is 5.92 Å². The predicted molar refractivity (Wildman–Crippen MR) is 155 cm³/mol. The molecule has 1 unspecified atom stereocenters. The average Bonchev–Trinajstić information content (AvgIpc) is 3.40. The van der Waals surface area contributed by atoms with Crippen LogP contribution >= 0.6 is 27.5 Å². The Morgan fingerprint density at radius 2 is 1.82 bits per heavy atom. The molecule has 3 aromatic carbocycles. The van der Waals surface area contributed by atoms with Crippen LogP contribution in [0.5, 0.6) is 23.0 Å². The van der Waals surface area contributed by atoms with Gasteiger partial charge in [0.1, 0.15) is 12.6 Å². The van der Waals surface area contributed by atoms with E-state index in [0.717, 1.165) is 5.56 Å². The summed E-state index contributed by atoms with van der Waals surface area (Å²) in [7, 11) is 0. The predicted octanol–water partition coefficient (Wildman–Crippen LogP) is 5.71. The van der Waals surface area contributed by atoms with Crippen LogP contribution in [0.15, 0.2) is 64.2 Å². The fourth-order valence-electron chi connectivity index (χ4n) is 3.84. The van der Waals surface area contributed by atoms with Crippen LogP contribution in [0.3, 0.4) is 0 Å². The van der Waals surface area contributed by atoms with E-state index in [1.165, 1.54) is 6.21 Å². The molecule has 0 aliphatic carbocycles. The van der Waals surface area contributed by atoms with E-state index >= 15 is 0 Å². The molecule has 2 N–H and O–H groups in total. The van der Waals surface area contributed by atoms with E-state index in [1.54, 1.807) is 42.5 Å². The number of hydrogen-bond donors (Lipinski definition) is 2. The van der Waals surface area contributed by atoms with Gasteiger partial charge >= 0.3 is 0 Å². The van der Waals surface area contributed by atoms with Crippen molar-refractivity contribution in [2.75, 3.05) is 13.4 Å². The van der Waals surface area contributed by atoms with Crippen molar-refractivity contribution in [3.05, 3.63) is 80.8 Å². The van der Waals surface area contributed by atoms with Gasteiger partial charge in [0.15, 0.2) is 23.0 Å². The molecular formula is C29H29BrClN3O6. The average molecular weight is 631 g/mol. The molecule has 0 bridgehead atoms. The third kappa shape index (κ3) is 7.45. The quantitative estimate of drug-likeness (QED) is 0.208. The van der Waals surface area contributed by atoms with E-state index < -0.39 is 17.9 Å². The molecule has 11 heteroatoms. The molecule has 0 aromatic heterocycles. The molecule has 1 atom stereocenters. The van der Waals surface area contributed by atoms with Gasteiger partial charge in [-0.3, -0.25) is 9.59 Å². The van der Waals surface area contributed by atoms with Gasteiger partial charge in [-0.05, 0) is 82.4 Å². The second-order valence-electron chi connectivity index (χ2n) is 9.18. The van der Waals surface area contributed by atoms with Gasteiger partial charge in [-0.25, -0.2) is 5.43 Å². The zero-order chi connectivity index (χ0) is 28.6. The molecule has 0 saturated carbocycles. The smallest absolute Gasteiger partial charge is 0.262 e. The molecule has 2 amide bonds. The third-order valence-electron chi connectivity index (χ3n) is 5.89. The topological polar surface area (TPSA) is 107 Å². The van der Waals surface area contributed by atoms with Crippen molar-refractivity contribution in [2.45, 2.75) is 33.4 Å². The number of hydrogen-bond acceptors (Lipinski definition) is 7. The van der Waals surface area contributed by atoms with Crippen molar-refractivity contribution < 1.29 is 28.5 Å². The summed E-state index contributed by atoms with van der Waals surface area (Å²) in [5, 5.41) is 7.53. The minimum absolute atomic E-state index is 0.108. The Bertz CT molecular complexity index is 1400. The van der Waals surface area contributed by atoms with E-state index in [1.807, 2.05) is 32.9 Å². The first kappa shape index (κ1) is 29.2. The van der Waals surface area contributed by atoms with E-state index in [9.17, 15) is 9.59 Å². The molecule has 1 aliphatic heterocycles. The van der Waals surface area contributed by atoms with Crippen LogP contribution in [-0.2, 0) is 11.4 Å². The maximum absolute atomic E-state index is 12.9. The van der Waals surface area contributed by atoms with Gasteiger partial charge in [0, 0.05) is 10.6 Å². The fourth-order valence-corrected chi connectivity index (χ4v) is 4.54. The van der Waals surface area contributed by atoms with Gasteiger partial charge in [-0.15, -0.1) is 0 Å². The van der Waals surface area contributed by atoms with Gasteiger partial charge in [0.25, 0.3) is 11.8 Å². The summed E-state index contributed by atoms with van der Waals surface area (Å²) in [5.74, 6) is 1.08. The monoisotopic (exact) mass is 629 g/mol. The van der Waals surface area contributed by atoms with E-state index in [2.05, 4.69) is 31.8 Å². The summed E-state index contributed by atoms with van der Waals surface area (Å²) in [5.41, 5.74) is 4.50. The summed E-state index contributed by atoms with van der Waals surface area (Å²) in [4.78, 5) is 25.7. The zero-order valence-corrected chi connectivity index (χ0v) is 24.5. The van der Waals surface area contributed by atoms with Crippen LogP contribution in [0.25, 0.3) is 0 Å². The maximum Gasteiger partial charge on any atom is 0.262 e. The molecule has 3 aromatic rings. The normalized spacial score (nSPS) is 12.8. The second kappa shape index (κ2) is 13.5. The van der Waals surface area contributed by atoms with Crippen molar-refractivity contribution in [3.8, 4) is 23.0 Å². The van der Waals surface area contributed by atoms with Gasteiger partial charge < -0.3 is 24.3 Å². The Balaban J connectivity index is 1.40. The lowest BCUT2D eigenvalue weighted by atomic mass is 10.0.